The Morgan fingerprint density at radius 2 is 1.88 bits per heavy atom. The van der Waals surface area contributed by atoms with Gasteiger partial charge in [-0.3, -0.25) is 9.59 Å². The van der Waals surface area contributed by atoms with Crippen LogP contribution in [0.1, 0.15) is 39.5 Å². The quantitative estimate of drug-likeness (QED) is 0.626. The second kappa shape index (κ2) is 3.28. The molecule has 86 valence electrons. The number of hydrogen-bond acceptors (Lipinski definition) is 2. The Kier molecular flexibility index (Phi) is 2.10. The van der Waals surface area contributed by atoms with E-state index in [1.54, 1.807) is 0 Å². The van der Waals surface area contributed by atoms with E-state index in [1.807, 2.05) is 6.92 Å². The summed E-state index contributed by atoms with van der Waals surface area (Å²) in [4.78, 5) is 24.1. The SMILES string of the molecule is CC1=C2C3CCCC(C3=O)C(C)C2CC1=O. The fourth-order valence-electron chi connectivity index (χ4n) is 4.09. The number of fused-ring (bicyclic) bond motifs is 4. The summed E-state index contributed by atoms with van der Waals surface area (Å²) in [5, 5.41) is 0. The third kappa shape index (κ3) is 1.13. The van der Waals surface area contributed by atoms with E-state index in [-0.39, 0.29) is 17.6 Å². The highest BCUT2D eigenvalue weighted by molar-refractivity contribution is 6.02. The lowest BCUT2D eigenvalue weighted by Gasteiger charge is -2.43. The van der Waals surface area contributed by atoms with Gasteiger partial charge < -0.3 is 0 Å². The number of ketones is 2. The number of rotatable bonds is 0. The van der Waals surface area contributed by atoms with Crippen LogP contribution < -0.4 is 0 Å². The van der Waals surface area contributed by atoms with Crippen molar-refractivity contribution < 1.29 is 9.59 Å². The summed E-state index contributed by atoms with van der Waals surface area (Å²) in [6.07, 6.45) is 3.86. The average Bonchev–Trinajstić information content (AvgIpc) is 2.54. The van der Waals surface area contributed by atoms with Crippen molar-refractivity contribution >= 4 is 11.6 Å². The van der Waals surface area contributed by atoms with Crippen molar-refractivity contribution in [3.63, 3.8) is 0 Å². The minimum Gasteiger partial charge on any atom is -0.299 e. The predicted octanol–water partition coefficient (Wildman–Crippen LogP) is 2.53. The Morgan fingerprint density at radius 1 is 1.12 bits per heavy atom. The number of hydrogen-bond donors (Lipinski definition) is 0. The first-order valence-corrected chi connectivity index (χ1v) is 6.39. The first-order chi connectivity index (χ1) is 7.61. The zero-order chi connectivity index (χ0) is 11.4. The van der Waals surface area contributed by atoms with Gasteiger partial charge in [-0.2, -0.15) is 0 Å². The molecule has 2 fully saturated rings. The van der Waals surface area contributed by atoms with Crippen LogP contribution >= 0.6 is 0 Å². The monoisotopic (exact) mass is 218 g/mol. The number of carbonyl (C=O) groups excluding carboxylic acids is 2. The molecule has 4 atom stereocenters. The standard InChI is InChI=1S/C14H18O2/c1-7-9-4-3-5-10(14(9)16)13-8(2)12(15)6-11(7)13/h7,9-11H,3-6H2,1-2H3. The topological polar surface area (TPSA) is 34.1 Å². The lowest BCUT2D eigenvalue weighted by atomic mass is 9.60. The summed E-state index contributed by atoms with van der Waals surface area (Å²) in [6.45, 7) is 4.09. The van der Waals surface area contributed by atoms with Crippen LogP contribution in [-0.4, -0.2) is 11.6 Å². The van der Waals surface area contributed by atoms with Crippen LogP contribution in [0, 0.1) is 23.7 Å². The van der Waals surface area contributed by atoms with Crippen molar-refractivity contribution in [3.8, 4) is 0 Å². The highest BCUT2D eigenvalue weighted by Gasteiger charge is 2.50. The molecular formula is C14H18O2. The van der Waals surface area contributed by atoms with E-state index in [0.717, 1.165) is 24.8 Å². The Bertz CT molecular complexity index is 405. The molecule has 16 heavy (non-hydrogen) atoms. The molecule has 0 heterocycles. The zero-order valence-electron chi connectivity index (χ0n) is 9.95. The van der Waals surface area contributed by atoms with E-state index in [2.05, 4.69) is 6.92 Å². The molecule has 0 saturated heterocycles. The van der Waals surface area contributed by atoms with Crippen LogP contribution in [0.25, 0.3) is 0 Å². The summed E-state index contributed by atoms with van der Waals surface area (Å²) in [7, 11) is 0. The summed E-state index contributed by atoms with van der Waals surface area (Å²) in [6, 6.07) is 0. The van der Waals surface area contributed by atoms with Crippen molar-refractivity contribution in [3.05, 3.63) is 11.1 Å². The van der Waals surface area contributed by atoms with E-state index in [0.29, 0.717) is 24.0 Å². The van der Waals surface area contributed by atoms with Gasteiger partial charge in [0.25, 0.3) is 0 Å². The number of allylic oxidation sites excluding steroid dienone is 2. The van der Waals surface area contributed by atoms with Crippen molar-refractivity contribution in [1.29, 1.82) is 0 Å². The van der Waals surface area contributed by atoms with Gasteiger partial charge in [0, 0.05) is 18.3 Å². The number of Topliss-reactive ketones (excluding diaryl/α,β-unsaturated/α-hetero) is 2. The van der Waals surface area contributed by atoms with Gasteiger partial charge in [-0.15, -0.1) is 0 Å². The van der Waals surface area contributed by atoms with Crippen LogP contribution in [0.2, 0.25) is 0 Å². The summed E-state index contributed by atoms with van der Waals surface area (Å²) in [5.41, 5.74) is 2.13. The maximum absolute atomic E-state index is 12.3. The summed E-state index contributed by atoms with van der Waals surface area (Å²) < 4.78 is 0. The zero-order valence-corrected chi connectivity index (χ0v) is 9.95. The predicted molar refractivity (Wildman–Crippen MR) is 60.8 cm³/mol. The summed E-state index contributed by atoms with van der Waals surface area (Å²) in [5.74, 6) is 1.84. The fraction of sp³-hybridized carbons (Fsp3) is 0.714. The molecule has 0 aromatic rings. The van der Waals surface area contributed by atoms with Gasteiger partial charge in [-0.25, -0.2) is 0 Å². The van der Waals surface area contributed by atoms with Crippen molar-refractivity contribution in [2.75, 3.05) is 0 Å². The van der Waals surface area contributed by atoms with Gasteiger partial charge in [-0.05, 0) is 42.7 Å². The van der Waals surface area contributed by atoms with Crippen LogP contribution in [0.15, 0.2) is 11.1 Å². The molecule has 2 nitrogen and oxygen atoms in total. The maximum atomic E-state index is 12.3. The van der Waals surface area contributed by atoms with Gasteiger partial charge in [0.15, 0.2) is 5.78 Å². The lowest BCUT2D eigenvalue weighted by molar-refractivity contribution is -0.133. The smallest absolute Gasteiger partial charge is 0.159 e. The van der Waals surface area contributed by atoms with Gasteiger partial charge in [-0.1, -0.05) is 13.3 Å². The van der Waals surface area contributed by atoms with Crippen molar-refractivity contribution in [2.45, 2.75) is 39.5 Å². The van der Waals surface area contributed by atoms with Crippen LogP contribution in [0.5, 0.6) is 0 Å². The normalized spacial score (nSPS) is 42.6. The molecular weight excluding hydrogens is 200 g/mol. The molecule has 0 aliphatic heterocycles. The Hall–Kier alpha value is -0.920. The lowest BCUT2D eigenvalue weighted by Crippen LogP contribution is -2.43. The van der Waals surface area contributed by atoms with Gasteiger partial charge in [0.05, 0.1) is 0 Å². The molecule has 4 unspecified atom stereocenters. The molecule has 0 N–H and O–H groups in total. The van der Waals surface area contributed by atoms with Crippen molar-refractivity contribution in [2.24, 2.45) is 23.7 Å². The largest absolute Gasteiger partial charge is 0.299 e. The first kappa shape index (κ1) is 10.2. The Balaban J connectivity index is 2.10. The van der Waals surface area contributed by atoms with Gasteiger partial charge >= 0.3 is 0 Å². The second-order valence-corrected chi connectivity index (χ2v) is 5.67. The molecule has 2 saturated carbocycles. The maximum Gasteiger partial charge on any atom is 0.159 e. The number of carbonyl (C=O) groups is 2. The molecule has 3 aliphatic rings. The second-order valence-electron chi connectivity index (χ2n) is 5.67. The minimum atomic E-state index is 0.103. The summed E-state index contributed by atoms with van der Waals surface area (Å²) >= 11 is 0. The fourth-order valence-corrected chi connectivity index (χ4v) is 4.09. The highest BCUT2D eigenvalue weighted by Crippen LogP contribution is 2.52. The van der Waals surface area contributed by atoms with Crippen molar-refractivity contribution in [1.82, 2.24) is 0 Å². The van der Waals surface area contributed by atoms with E-state index in [9.17, 15) is 9.59 Å². The third-order valence-electron chi connectivity index (χ3n) is 5.02. The Morgan fingerprint density at radius 3 is 2.62 bits per heavy atom. The van der Waals surface area contributed by atoms with E-state index >= 15 is 0 Å². The molecule has 0 amide bonds. The van der Waals surface area contributed by atoms with Crippen LogP contribution in [0.4, 0.5) is 0 Å². The first-order valence-electron chi connectivity index (χ1n) is 6.39. The molecule has 3 aliphatic carbocycles. The minimum absolute atomic E-state index is 0.103. The van der Waals surface area contributed by atoms with E-state index < -0.39 is 0 Å². The van der Waals surface area contributed by atoms with Crippen LogP contribution in [0.3, 0.4) is 0 Å². The molecule has 2 bridgehead atoms. The van der Waals surface area contributed by atoms with E-state index in [4.69, 9.17) is 0 Å². The van der Waals surface area contributed by atoms with Gasteiger partial charge in [0.2, 0.25) is 0 Å². The molecule has 2 heteroatoms. The highest BCUT2D eigenvalue weighted by atomic mass is 16.1. The van der Waals surface area contributed by atoms with Gasteiger partial charge in [0.1, 0.15) is 5.78 Å². The Labute approximate surface area is 96.1 Å². The van der Waals surface area contributed by atoms with Crippen LogP contribution in [-0.2, 0) is 9.59 Å². The average molecular weight is 218 g/mol. The molecule has 0 aromatic carbocycles. The molecule has 0 spiro atoms. The molecule has 0 aromatic heterocycles. The molecule has 0 radical (unpaired) electrons. The third-order valence-corrected chi connectivity index (χ3v) is 5.02. The van der Waals surface area contributed by atoms with E-state index in [1.165, 1.54) is 5.57 Å². The molecule has 3 rings (SSSR count).